The van der Waals surface area contributed by atoms with Crippen LogP contribution in [-0.2, 0) is 9.59 Å². The summed E-state index contributed by atoms with van der Waals surface area (Å²) in [6, 6.07) is 7.26. The van der Waals surface area contributed by atoms with Crippen molar-refractivity contribution >= 4 is 17.5 Å². The predicted molar refractivity (Wildman–Crippen MR) is 96.5 cm³/mol. The molecule has 0 bridgehead atoms. The van der Waals surface area contributed by atoms with Crippen LogP contribution in [0.1, 0.15) is 32.6 Å². The van der Waals surface area contributed by atoms with Gasteiger partial charge in [0.05, 0.1) is 19.7 Å². The van der Waals surface area contributed by atoms with E-state index in [1.807, 2.05) is 29.2 Å². The maximum atomic E-state index is 12.6. The number of likely N-dealkylation sites (tertiary alicyclic amines) is 1. The van der Waals surface area contributed by atoms with Crippen LogP contribution in [-0.4, -0.2) is 49.0 Å². The van der Waals surface area contributed by atoms with E-state index in [9.17, 15) is 9.59 Å². The number of hydrogen-bond acceptors (Lipinski definition) is 4. The van der Waals surface area contributed by atoms with Crippen molar-refractivity contribution in [2.24, 2.45) is 5.92 Å². The fourth-order valence-corrected chi connectivity index (χ4v) is 3.41. The number of methoxy groups -OCH3 is 1. The molecule has 1 saturated carbocycles. The average Bonchev–Trinajstić information content (AvgIpc) is 3.35. The molecule has 2 fully saturated rings. The molecule has 1 aromatic rings. The van der Waals surface area contributed by atoms with Gasteiger partial charge in [-0.3, -0.25) is 14.5 Å². The van der Waals surface area contributed by atoms with Gasteiger partial charge in [-0.15, -0.1) is 0 Å². The van der Waals surface area contributed by atoms with Crippen molar-refractivity contribution in [3.63, 3.8) is 0 Å². The van der Waals surface area contributed by atoms with Gasteiger partial charge in [0.25, 0.3) is 0 Å². The first-order chi connectivity index (χ1) is 12.1. The minimum atomic E-state index is -0.246. The second kappa shape index (κ2) is 7.87. The normalized spacial score (nSPS) is 21.6. The number of nitrogens with one attached hydrogen (secondary N) is 2. The number of benzene rings is 1. The molecule has 6 heteroatoms. The third kappa shape index (κ3) is 4.72. The van der Waals surface area contributed by atoms with Crippen molar-refractivity contribution in [2.45, 2.75) is 44.7 Å². The first-order valence-corrected chi connectivity index (χ1v) is 9.05. The molecule has 2 atom stereocenters. The number of rotatable bonds is 7. The Hall–Kier alpha value is -2.08. The molecule has 136 valence electrons. The molecule has 0 aromatic heterocycles. The molecule has 0 radical (unpaired) electrons. The van der Waals surface area contributed by atoms with Gasteiger partial charge >= 0.3 is 0 Å². The summed E-state index contributed by atoms with van der Waals surface area (Å²) in [6.45, 7) is 3.14. The van der Waals surface area contributed by atoms with E-state index < -0.39 is 0 Å². The topological polar surface area (TPSA) is 70.7 Å². The molecule has 1 saturated heterocycles. The van der Waals surface area contributed by atoms with Crippen LogP contribution in [0.25, 0.3) is 0 Å². The second-order valence-corrected chi connectivity index (χ2v) is 7.04. The minimum Gasteiger partial charge on any atom is -0.497 e. The Morgan fingerprint density at radius 2 is 1.96 bits per heavy atom. The molecule has 2 aliphatic rings. The molecule has 3 rings (SSSR count). The largest absolute Gasteiger partial charge is 0.497 e. The van der Waals surface area contributed by atoms with E-state index in [-0.39, 0.29) is 30.4 Å². The second-order valence-electron chi connectivity index (χ2n) is 7.04. The summed E-state index contributed by atoms with van der Waals surface area (Å²) >= 11 is 0. The molecule has 1 aliphatic carbocycles. The van der Waals surface area contributed by atoms with E-state index in [0.717, 1.165) is 30.8 Å². The van der Waals surface area contributed by atoms with Gasteiger partial charge in [-0.2, -0.15) is 0 Å². The summed E-state index contributed by atoms with van der Waals surface area (Å²) in [5.41, 5.74) is 0.740. The number of anilines is 1. The molecular weight excluding hydrogens is 318 g/mol. The lowest BCUT2D eigenvalue weighted by molar-refractivity contribution is -0.125. The van der Waals surface area contributed by atoms with Crippen LogP contribution in [0.15, 0.2) is 24.3 Å². The van der Waals surface area contributed by atoms with Gasteiger partial charge in [-0.05, 0) is 69.3 Å². The van der Waals surface area contributed by atoms with Gasteiger partial charge < -0.3 is 15.4 Å². The van der Waals surface area contributed by atoms with Crippen molar-refractivity contribution in [3.05, 3.63) is 24.3 Å². The average molecular weight is 345 g/mol. The molecule has 0 unspecified atom stereocenters. The van der Waals surface area contributed by atoms with Crippen LogP contribution in [0, 0.1) is 5.92 Å². The lowest BCUT2D eigenvalue weighted by Gasteiger charge is -2.24. The third-order valence-electron chi connectivity index (χ3n) is 5.09. The first-order valence-electron chi connectivity index (χ1n) is 9.05. The van der Waals surface area contributed by atoms with Gasteiger partial charge in [0.2, 0.25) is 11.8 Å². The Kier molecular flexibility index (Phi) is 5.58. The summed E-state index contributed by atoms with van der Waals surface area (Å²) in [5.74, 6) is 1.35. The zero-order valence-corrected chi connectivity index (χ0v) is 15.0. The maximum absolute atomic E-state index is 12.6. The Balaban J connectivity index is 1.52. The number of carbonyl (C=O) groups is 2. The highest BCUT2D eigenvalue weighted by atomic mass is 16.5. The van der Waals surface area contributed by atoms with E-state index in [2.05, 4.69) is 17.6 Å². The van der Waals surface area contributed by atoms with E-state index >= 15 is 0 Å². The van der Waals surface area contributed by atoms with Crippen molar-refractivity contribution in [1.82, 2.24) is 10.2 Å². The van der Waals surface area contributed by atoms with Gasteiger partial charge in [-0.1, -0.05) is 0 Å². The summed E-state index contributed by atoms with van der Waals surface area (Å²) < 4.78 is 5.12. The molecule has 1 aromatic carbocycles. The van der Waals surface area contributed by atoms with Gasteiger partial charge in [0, 0.05) is 11.7 Å². The molecular formula is C19H27N3O3. The molecule has 6 nitrogen and oxygen atoms in total. The Morgan fingerprint density at radius 3 is 2.60 bits per heavy atom. The summed E-state index contributed by atoms with van der Waals surface area (Å²) in [5, 5.41) is 6.00. The van der Waals surface area contributed by atoms with Crippen molar-refractivity contribution in [2.75, 3.05) is 25.5 Å². The van der Waals surface area contributed by atoms with E-state index in [1.54, 1.807) is 7.11 Å². The first kappa shape index (κ1) is 17.7. The highest BCUT2D eigenvalue weighted by Crippen LogP contribution is 2.32. The Bertz CT molecular complexity index is 613. The molecule has 0 spiro atoms. The van der Waals surface area contributed by atoms with E-state index in [0.29, 0.717) is 5.92 Å². The number of hydrogen-bond donors (Lipinski definition) is 2. The van der Waals surface area contributed by atoms with Crippen molar-refractivity contribution < 1.29 is 14.3 Å². The van der Waals surface area contributed by atoms with Crippen LogP contribution >= 0.6 is 0 Å². The highest BCUT2D eigenvalue weighted by Gasteiger charge is 2.33. The van der Waals surface area contributed by atoms with Crippen LogP contribution in [0.4, 0.5) is 5.69 Å². The standard InChI is InChI=1S/C19H27N3O3/c1-13(14-5-6-14)20-18(23)12-22-11-3-4-17(22)19(24)21-15-7-9-16(25-2)10-8-15/h7-10,13-14,17H,3-6,11-12H2,1-2H3,(H,20,23)(H,21,24)/t13-,17+/m1/s1. The van der Waals surface area contributed by atoms with Crippen LogP contribution in [0.3, 0.4) is 0 Å². The fraction of sp³-hybridized carbons (Fsp3) is 0.579. The quantitative estimate of drug-likeness (QED) is 0.793. The molecule has 2 N–H and O–H groups in total. The summed E-state index contributed by atoms with van der Waals surface area (Å²) in [6.07, 6.45) is 4.13. The molecule has 1 aliphatic heterocycles. The van der Waals surface area contributed by atoms with Crippen molar-refractivity contribution in [1.29, 1.82) is 0 Å². The Labute approximate surface area is 148 Å². The molecule has 2 amide bonds. The van der Waals surface area contributed by atoms with Crippen LogP contribution in [0.2, 0.25) is 0 Å². The molecule has 1 heterocycles. The summed E-state index contributed by atoms with van der Waals surface area (Å²) in [4.78, 5) is 26.8. The number of nitrogens with zero attached hydrogens (tertiary/aromatic N) is 1. The zero-order valence-electron chi connectivity index (χ0n) is 15.0. The zero-order chi connectivity index (χ0) is 17.8. The number of carbonyl (C=O) groups excluding carboxylic acids is 2. The highest BCUT2D eigenvalue weighted by molar-refractivity contribution is 5.95. The van der Waals surface area contributed by atoms with E-state index in [4.69, 9.17) is 4.74 Å². The Morgan fingerprint density at radius 1 is 1.24 bits per heavy atom. The lowest BCUT2D eigenvalue weighted by atomic mass is 10.2. The summed E-state index contributed by atoms with van der Waals surface area (Å²) in [7, 11) is 1.61. The monoisotopic (exact) mass is 345 g/mol. The fourth-order valence-electron chi connectivity index (χ4n) is 3.41. The van der Waals surface area contributed by atoms with Gasteiger partial charge in [0.15, 0.2) is 0 Å². The smallest absolute Gasteiger partial charge is 0.241 e. The third-order valence-corrected chi connectivity index (χ3v) is 5.09. The maximum Gasteiger partial charge on any atom is 0.241 e. The van der Waals surface area contributed by atoms with Gasteiger partial charge in [0.1, 0.15) is 5.75 Å². The SMILES string of the molecule is COc1ccc(NC(=O)[C@@H]2CCCN2CC(=O)N[C@H](C)C2CC2)cc1. The molecule has 25 heavy (non-hydrogen) atoms. The predicted octanol–water partition coefficient (Wildman–Crippen LogP) is 2.01. The van der Waals surface area contributed by atoms with Crippen LogP contribution < -0.4 is 15.4 Å². The van der Waals surface area contributed by atoms with E-state index in [1.165, 1.54) is 12.8 Å². The number of ether oxygens (including phenoxy) is 1. The van der Waals surface area contributed by atoms with Crippen molar-refractivity contribution in [3.8, 4) is 5.75 Å². The van der Waals surface area contributed by atoms with Crippen LogP contribution in [0.5, 0.6) is 5.75 Å². The number of amides is 2. The van der Waals surface area contributed by atoms with Gasteiger partial charge in [-0.25, -0.2) is 0 Å². The lowest BCUT2D eigenvalue weighted by Crippen LogP contribution is -2.46. The minimum absolute atomic E-state index is 0.0172.